The summed E-state index contributed by atoms with van der Waals surface area (Å²) in [5, 5.41) is 0. The van der Waals surface area contributed by atoms with Crippen LogP contribution in [-0.4, -0.2) is 5.78 Å². The molecular formula is C13H18O. The molecule has 0 spiro atoms. The zero-order valence-electron chi connectivity index (χ0n) is 8.67. The Morgan fingerprint density at radius 1 is 1.29 bits per heavy atom. The lowest BCUT2D eigenvalue weighted by Crippen LogP contribution is -2.34. The van der Waals surface area contributed by atoms with Gasteiger partial charge >= 0.3 is 0 Å². The quantitative estimate of drug-likeness (QED) is 0.581. The molecule has 2 aliphatic carbocycles. The predicted octanol–water partition coefficient (Wildman–Crippen LogP) is 3.12. The Morgan fingerprint density at radius 2 is 2.07 bits per heavy atom. The van der Waals surface area contributed by atoms with Gasteiger partial charge in [0.25, 0.3) is 0 Å². The van der Waals surface area contributed by atoms with Gasteiger partial charge in [-0.15, -0.1) is 6.58 Å². The molecule has 14 heavy (non-hydrogen) atoms. The summed E-state index contributed by atoms with van der Waals surface area (Å²) in [6.07, 6.45) is 6.89. The number of carbonyl (C=O) groups excluding carboxylic acids is 1. The van der Waals surface area contributed by atoms with Gasteiger partial charge in [-0.05, 0) is 37.0 Å². The fraction of sp³-hybridized carbons (Fsp3) is 0.615. The third kappa shape index (κ3) is 1.56. The number of fused-ring (bicyclic) bond motifs is 1. The van der Waals surface area contributed by atoms with Crippen LogP contribution in [0.2, 0.25) is 0 Å². The van der Waals surface area contributed by atoms with Crippen LogP contribution in [-0.2, 0) is 4.79 Å². The Labute approximate surface area is 85.9 Å². The van der Waals surface area contributed by atoms with Crippen LogP contribution in [0.1, 0.15) is 32.1 Å². The van der Waals surface area contributed by atoms with Crippen LogP contribution in [0.15, 0.2) is 24.8 Å². The van der Waals surface area contributed by atoms with E-state index in [1.54, 1.807) is 0 Å². The molecule has 3 atom stereocenters. The Hall–Kier alpha value is -0.850. The summed E-state index contributed by atoms with van der Waals surface area (Å²) < 4.78 is 0. The van der Waals surface area contributed by atoms with E-state index < -0.39 is 0 Å². The van der Waals surface area contributed by atoms with Crippen molar-refractivity contribution in [3.63, 3.8) is 0 Å². The smallest absolute Gasteiger partial charge is 0.133 e. The van der Waals surface area contributed by atoms with Gasteiger partial charge in [0.1, 0.15) is 5.78 Å². The Bertz CT molecular complexity index is 277. The summed E-state index contributed by atoms with van der Waals surface area (Å²) in [5.41, 5.74) is 1.38. The number of hydrogen-bond acceptors (Lipinski definition) is 1. The van der Waals surface area contributed by atoms with E-state index in [0.29, 0.717) is 23.5 Å². The highest BCUT2D eigenvalue weighted by atomic mass is 16.1. The van der Waals surface area contributed by atoms with Gasteiger partial charge in [0, 0.05) is 12.8 Å². The van der Waals surface area contributed by atoms with Gasteiger partial charge in [-0.1, -0.05) is 18.2 Å². The van der Waals surface area contributed by atoms with E-state index in [1.807, 2.05) is 6.08 Å². The molecule has 2 saturated carbocycles. The second-order valence-corrected chi connectivity index (χ2v) is 4.65. The topological polar surface area (TPSA) is 17.1 Å². The van der Waals surface area contributed by atoms with Crippen LogP contribution >= 0.6 is 0 Å². The van der Waals surface area contributed by atoms with Gasteiger partial charge in [0.2, 0.25) is 0 Å². The zero-order valence-corrected chi connectivity index (χ0v) is 8.67. The third-order valence-electron chi connectivity index (χ3n) is 3.89. The average Bonchev–Trinajstić information content (AvgIpc) is 2.18. The maximum Gasteiger partial charge on any atom is 0.133 e. The molecule has 0 amide bonds. The molecule has 0 aromatic rings. The molecule has 0 aromatic heterocycles. The van der Waals surface area contributed by atoms with Crippen molar-refractivity contribution < 1.29 is 4.79 Å². The lowest BCUT2D eigenvalue weighted by atomic mass is 9.63. The highest BCUT2D eigenvalue weighted by Crippen LogP contribution is 2.45. The van der Waals surface area contributed by atoms with E-state index in [-0.39, 0.29) is 0 Å². The van der Waals surface area contributed by atoms with Crippen molar-refractivity contribution in [2.75, 3.05) is 0 Å². The Kier molecular flexibility index (Phi) is 2.58. The minimum Gasteiger partial charge on any atom is -0.300 e. The van der Waals surface area contributed by atoms with Crippen LogP contribution in [0.3, 0.4) is 0 Å². The third-order valence-corrected chi connectivity index (χ3v) is 3.89. The SMILES string of the molecule is C=C[C@@H]1CCC(=C)[C@@H]2CCC(=O)C[C@@H]12. The van der Waals surface area contributed by atoms with E-state index in [2.05, 4.69) is 13.2 Å². The number of ketones is 1. The van der Waals surface area contributed by atoms with Crippen molar-refractivity contribution in [1.82, 2.24) is 0 Å². The second kappa shape index (κ2) is 3.72. The van der Waals surface area contributed by atoms with Gasteiger partial charge in [0.15, 0.2) is 0 Å². The molecule has 0 bridgehead atoms. The molecule has 2 fully saturated rings. The molecular weight excluding hydrogens is 172 g/mol. The summed E-state index contributed by atoms with van der Waals surface area (Å²) in [7, 11) is 0. The fourth-order valence-electron chi connectivity index (χ4n) is 3.04. The highest BCUT2D eigenvalue weighted by Gasteiger charge is 2.37. The maximum absolute atomic E-state index is 11.4. The first-order chi connectivity index (χ1) is 6.72. The van der Waals surface area contributed by atoms with Crippen molar-refractivity contribution in [1.29, 1.82) is 0 Å². The van der Waals surface area contributed by atoms with E-state index >= 15 is 0 Å². The van der Waals surface area contributed by atoms with Crippen molar-refractivity contribution in [3.05, 3.63) is 24.8 Å². The van der Waals surface area contributed by atoms with Crippen LogP contribution in [0, 0.1) is 17.8 Å². The molecule has 2 rings (SSSR count). The summed E-state index contributed by atoms with van der Waals surface area (Å²) in [6, 6.07) is 0. The molecule has 2 aliphatic rings. The van der Waals surface area contributed by atoms with Crippen LogP contribution in [0.25, 0.3) is 0 Å². The fourth-order valence-corrected chi connectivity index (χ4v) is 3.04. The number of hydrogen-bond donors (Lipinski definition) is 0. The van der Waals surface area contributed by atoms with Crippen molar-refractivity contribution in [2.24, 2.45) is 17.8 Å². The zero-order chi connectivity index (χ0) is 10.1. The van der Waals surface area contributed by atoms with E-state index in [0.717, 1.165) is 32.1 Å². The standard InChI is InChI=1S/C13H18O/c1-3-10-5-4-9(2)12-7-6-11(14)8-13(10)12/h3,10,12-13H,1-2,4-8H2/t10-,12+,13+/m1/s1. The van der Waals surface area contributed by atoms with Crippen molar-refractivity contribution in [2.45, 2.75) is 32.1 Å². The highest BCUT2D eigenvalue weighted by molar-refractivity contribution is 5.79. The molecule has 0 aliphatic heterocycles. The van der Waals surface area contributed by atoms with Crippen molar-refractivity contribution in [3.8, 4) is 0 Å². The second-order valence-electron chi connectivity index (χ2n) is 4.65. The molecule has 0 aromatic carbocycles. The summed E-state index contributed by atoms with van der Waals surface area (Å²) in [4.78, 5) is 11.4. The van der Waals surface area contributed by atoms with Gasteiger partial charge in [-0.25, -0.2) is 0 Å². The maximum atomic E-state index is 11.4. The molecule has 0 saturated heterocycles. The number of rotatable bonds is 1. The van der Waals surface area contributed by atoms with E-state index in [4.69, 9.17) is 0 Å². The minimum atomic E-state index is 0.438. The lowest BCUT2D eigenvalue weighted by Gasteiger charge is -2.41. The van der Waals surface area contributed by atoms with Crippen LogP contribution in [0.4, 0.5) is 0 Å². The van der Waals surface area contributed by atoms with Gasteiger partial charge in [-0.2, -0.15) is 0 Å². The molecule has 1 nitrogen and oxygen atoms in total. The largest absolute Gasteiger partial charge is 0.300 e. The summed E-state index contributed by atoms with van der Waals surface area (Å²) in [6.45, 7) is 8.03. The Morgan fingerprint density at radius 3 is 2.79 bits per heavy atom. The summed E-state index contributed by atoms with van der Waals surface area (Å²) >= 11 is 0. The number of allylic oxidation sites excluding steroid dienone is 2. The van der Waals surface area contributed by atoms with E-state index in [9.17, 15) is 4.79 Å². The normalized spacial score (nSPS) is 37.9. The molecule has 0 heterocycles. The van der Waals surface area contributed by atoms with Crippen LogP contribution in [0.5, 0.6) is 0 Å². The molecule has 0 radical (unpaired) electrons. The Balaban J connectivity index is 2.18. The van der Waals surface area contributed by atoms with E-state index in [1.165, 1.54) is 5.57 Å². The molecule has 76 valence electrons. The first kappa shape index (κ1) is 9.70. The van der Waals surface area contributed by atoms with Gasteiger partial charge < -0.3 is 0 Å². The molecule has 0 unspecified atom stereocenters. The van der Waals surface area contributed by atoms with Crippen molar-refractivity contribution >= 4 is 5.78 Å². The number of carbonyl (C=O) groups is 1. The number of Topliss-reactive ketones (excluding diaryl/α,β-unsaturated/α-hetero) is 1. The monoisotopic (exact) mass is 190 g/mol. The van der Waals surface area contributed by atoms with Crippen LogP contribution < -0.4 is 0 Å². The van der Waals surface area contributed by atoms with Gasteiger partial charge in [0.05, 0.1) is 0 Å². The average molecular weight is 190 g/mol. The molecule has 0 N–H and O–H groups in total. The van der Waals surface area contributed by atoms with Gasteiger partial charge in [-0.3, -0.25) is 4.79 Å². The first-order valence-corrected chi connectivity index (χ1v) is 5.54. The predicted molar refractivity (Wildman–Crippen MR) is 57.9 cm³/mol. The first-order valence-electron chi connectivity index (χ1n) is 5.54. The summed E-state index contributed by atoms with van der Waals surface area (Å²) in [5.74, 6) is 2.11. The minimum absolute atomic E-state index is 0.438. The molecule has 1 heteroatoms. The lowest BCUT2D eigenvalue weighted by molar-refractivity contribution is -0.123.